The van der Waals surface area contributed by atoms with Gasteiger partial charge in [0.1, 0.15) is 0 Å². The Morgan fingerprint density at radius 3 is 1.57 bits per heavy atom. The maximum atomic E-state index is 11.5. The van der Waals surface area contributed by atoms with E-state index in [2.05, 4.69) is 0 Å². The van der Waals surface area contributed by atoms with Gasteiger partial charge >= 0.3 is 23.9 Å². The quantitative estimate of drug-likeness (QED) is 0.510. The van der Waals surface area contributed by atoms with Crippen molar-refractivity contribution in [1.29, 1.82) is 0 Å². The van der Waals surface area contributed by atoms with Gasteiger partial charge in [-0.25, -0.2) is 0 Å². The highest BCUT2D eigenvalue weighted by molar-refractivity contribution is 5.86. The fourth-order valence-electron chi connectivity index (χ4n) is 3.21. The van der Waals surface area contributed by atoms with Crippen LogP contribution in [0.25, 0.3) is 11.1 Å². The van der Waals surface area contributed by atoms with Gasteiger partial charge in [-0.05, 0) is 33.4 Å². The van der Waals surface area contributed by atoms with Gasteiger partial charge in [0.25, 0.3) is 0 Å². The van der Waals surface area contributed by atoms with Crippen LogP contribution >= 0.6 is 0 Å². The van der Waals surface area contributed by atoms with Crippen LogP contribution in [0, 0.1) is 0 Å². The summed E-state index contributed by atoms with van der Waals surface area (Å²) in [7, 11) is 0. The lowest BCUT2D eigenvalue weighted by Gasteiger charge is -2.20. The van der Waals surface area contributed by atoms with Crippen LogP contribution in [0.1, 0.15) is 22.3 Å². The van der Waals surface area contributed by atoms with Crippen molar-refractivity contribution in [1.82, 2.24) is 0 Å². The molecule has 0 spiro atoms. The van der Waals surface area contributed by atoms with Gasteiger partial charge in [0.15, 0.2) is 0 Å². The molecular weight excluding hydrogens is 368 g/mol. The number of hydrogen-bond donors (Lipinski definition) is 4. The highest BCUT2D eigenvalue weighted by Crippen LogP contribution is 2.34. The van der Waals surface area contributed by atoms with Gasteiger partial charge in [-0.1, -0.05) is 36.4 Å². The maximum absolute atomic E-state index is 11.5. The molecule has 4 N–H and O–H groups in total. The van der Waals surface area contributed by atoms with E-state index in [9.17, 15) is 39.6 Å². The SMILES string of the molecule is O=C(O)Cc1cc(CC(=O)O)c(-c2ccccc2)c(CC(=O)O)c1CC(=O)O. The molecule has 0 radical (unpaired) electrons. The van der Waals surface area contributed by atoms with Crippen LogP contribution in [0.3, 0.4) is 0 Å². The second-order valence-corrected chi connectivity index (χ2v) is 6.18. The molecule has 0 aliphatic rings. The Morgan fingerprint density at radius 1 is 0.607 bits per heavy atom. The van der Waals surface area contributed by atoms with E-state index in [1.807, 2.05) is 0 Å². The van der Waals surface area contributed by atoms with Crippen molar-refractivity contribution in [2.45, 2.75) is 25.7 Å². The Balaban J connectivity index is 2.91. The molecule has 0 heterocycles. The van der Waals surface area contributed by atoms with E-state index < -0.39 is 49.6 Å². The Morgan fingerprint density at radius 2 is 1.07 bits per heavy atom. The first-order valence-corrected chi connectivity index (χ1v) is 8.28. The summed E-state index contributed by atoms with van der Waals surface area (Å²) in [6.45, 7) is 0. The summed E-state index contributed by atoms with van der Waals surface area (Å²) < 4.78 is 0. The first kappa shape index (κ1) is 20.6. The van der Waals surface area contributed by atoms with Gasteiger partial charge in [0.05, 0.1) is 25.7 Å². The lowest BCUT2D eigenvalue weighted by atomic mass is 9.83. The van der Waals surface area contributed by atoms with Crippen LogP contribution in [-0.4, -0.2) is 44.3 Å². The average Bonchev–Trinajstić information content (AvgIpc) is 2.57. The molecule has 0 fully saturated rings. The predicted molar refractivity (Wildman–Crippen MR) is 97.2 cm³/mol. The van der Waals surface area contributed by atoms with Crippen molar-refractivity contribution < 1.29 is 39.6 Å². The van der Waals surface area contributed by atoms with E-state index in [0.29, 0.717) is 11.1 Å². The zero-order valence-corrected chi connectivity index (χ0v) is 14.7. The second kappa shape index (κ2) is 8.81. The summed E-state index contributed by atoms with van der Waals surface area (Å²) in [6.07, 6.45) is -2.14. The Labute approximate surface area is 159 Å². The van der Waals surface area contributed by atoms with Crippen LogP contribution in [0.4, 0.5) is 0 Å². The van der Waals surface area contributed by atoms with Crippen molar-refractivity contribution in [3.8, 4) is 11.1 Å². The molecule has 2 aromatic carbocycles. The number of carboxylic acid groups (broad SMARTS) is 4. The Hall–Kier alpha value is -3.68. The summed E-state index contributed by atoms with van der Waals surface area (Å²) in [5.74, 6) is -4.90. The monoisotopic (exact) mass is 386 g/mol. The van der Waals surface area contributed by atoms with Crippen LogP contribution < -0.4 is 0 Å². The van der Waals surface area contributed by atoms with Gasteiger partial charge in [-0.15, -0.1) is 0 Å². The van der Waals surface area contributed by atoms with Crippen LogP contribution in [0.5, 0.6) is 0 Å². The molecule has 28 heavy (non-hydrogen) atoms. The molecule has 0 saturated carbocycles. The number of carbonyl (C=O) groups is 4. The third-order valence-electron chi connectivity index (χ3n) is 4.13. The van der Waals surface area contributed by atoms with E-state index in [-0.39, 0.29) is 22.3 Å². The molecule has 8 nitrogen and oxygen atoms in total. The van der Waals surface area contributed by atoms with Gasteiger partial charge in [-0.3, -0.25) is 19.2 Å². The lowest BCUT2D eigenvalue weighted by Crippen LogP contribution is -2.16. The minimum Gasteiger partial charge on any atom is -0.481 e. The zero-order valence-electron chi connectivity index (χ0n) is 14.7. The zero-order chi connectivity index (χ0) is 20.8. The molecule has 0 aliphatic heterocycles. The molecule has 2 aromatic rings. The molecule has 146 valence electrons. The predicted octanol–water partition coefficient (Wildman–Crippen LogP) is 1.86. The van der Waals surface area contributed by atoms with Crippen molar-refractivity contribution in [3.05, 3.63) is 58.7 Å². The van der Waals surface area contributed by atoms with Crippen LogP contribution in [0.15, 0.2) is 36.4 Å². The average molecular weight is 386 g/mol. The summed E-state index contributed by atoms with van der Waals surface area (Å²) >= 11 is 0. The molecule has 0 unspecified atom stereocenters. The third-order valence-corrected chi connectivity index (χ3v) is 4.13. The molecule has 0 saturated heterocycles. The molecule has 8 heteroatoms. The van der Waals surface area contributed by atoms with Gasteiger partial charge in [0, 0.05) is 0 Å². The molecule has 2 rings (SSSR count). The second-order valence-electron chi connectivity index (χ2n) is 6.18. The van der Waals surface area contributed by atoms with Crippen molar-refractivity contribution in [3.63, 3.8) is 0 Å². The minimum atomic E-state index is -1.25. The van der Waals surface area contributed by atoms with Crippen LogP contribution in [0.2, 0.25) is 0 Å². The lowest BCUT2D eigenvalue weighted by molar-refractivity contribution is -0.137. The first-order valence-electron chi connectivity index (χ1n) is 8.28. The highest BCUT2D eigenvalue weighted by Gasteiger charge is 2.24. The van der Waals surface area contributed by atoms with E-state index in [1.54, 1.807) is 30.3 Å². The summed E-state index contributed by atoms with van der Waals surface area (Å²) in [5.41, 5.74) is 1.39. The molecule has 0 aliphatic carbocycles. The largest absolute Gasteiger partial charge is 0.481 e. The number of rotatable bonds is 9. The molecule has 0 aromatic heterocycles. The van der Waals surface area contributed by atoms with Gasteiger partial charge < -0.3 is 20.4 Å². The van der Waals surface area contributed by atoms with Crippen LogP contribution in [-0.2, 0) is 44.9 Å². The maximum Gasteiger partial charge on any atom is 0.307 e. The third kappa shape index (κ3) is 5.16. The number of aliphatic carboxylic acids is 4. The fraction of sp³-hybridized carbons (Fsp3) is 0.200. The molecular formula is C20H18O8. The topological polar surface area (TPSA) is 149 Å². The molecule has 0 bridgehead atoms. The van der Waals surface area contributed by atoms with E-state index in [0.717, 1.165) is 0 Å². The van der Waals surface area contributed by atoms with E-state index in [4.69, 9.17) is 0 Å². The normalized spacial score (nSPS) is 10.4. The standard InChI is InChI=1S/C20H18O8/c21-16(22)7-12-6-13(8-17(23)24)20(11-4-2-1-3-5-11)15(10-19(27)28)14(12)9-18(25)26/h1-6H,7-10H2,(H,21,22)(H,23,24)(H,25,26)(H,27,28). The first-order chi connectivity index (χ1) is 13.2. The smallest absolute Gasteiger partial charge is 0.307 e. The molecule has 0 atom stereocenters. The Kier molecular flexibility index (Phi) is 6.49. The summed E-state index contributed by atoms with van der Waals surface area (Å²) in [5, 5.41) is 37.1. The van der Waals surface area contributed by atoms with Crippen molar-refractivity contribution in [2.75, 3.05) is 0 Å². The number of hydrogen-bond acceptors (Lipinski definition) is 4. The van der Waals surface area contributed by atoms with Gasteiger partial charge in [0.2, 0.25) is 0 Å². The fourth-order valence-corrected chi connectivity index (χ4v) is 3.21. The molecule has 0 amide bonds. The summed E-state index contributed by atoms with van der Waals surface area (Å²) in [6, 6.07) is 9.78. The summed E-state index contributed by atoms with van der Waals surface area (Å²) in [4.78, 5) is 45.4. The number of benzene rings is 2. The highest BCUT2D eigenvalue weighted by atomic mass is 16.4. The number of carboxylic acids is 4. The van der Waals surface area contributed by atoms with Crippen molar-refractivity contribution >= 4 is 23.9 Å². The van der Waals surface area contributed by atoms with Crippen molar-refractivity contribution in [2.24, 2.45) is 0 Å². The minimum absolute atomic E-state index is 0.0882. The van der Waals surface area contributed by atoms with Gasteiger partial charge in [-0.2, -0.15) is 0 Å². The van der Waals surface area contributed by atoms with E-state index in [1.165, 1.54) is 6.07 Å². The Bertz CT molecular complexity index is 931. The van der Waals surface area contributed by atoms with E-state index >= 15 is 0 Å².